The molecule has 1 aliphatic heterocycles. The molecule has 1 aromatic rings. The number of anilines is 1. The summed E-state index contributed by atoms with van der Waals surface area (Å²) in [5.74, 6) is -1.19. The topological polar surface area (TPSA) is 69.6 Å². The maximum Gasteiger partial charge on any atom is 0.316 e. The molecule has 0 saturated carbocycles. The van der Waals surface area contributed by atoms with Gasteiger partial charge in [-0.1, -0.05) is 18.2 Å². The van der Waals surface area contributed by atoms with Gasteiger partial charge in [-0.05, 0) is 19.9 Å². The Labute approximate surface area is 105 Å². The number of carbonyl (C=O) groups is 2. The van der Waals surface area contributed by atoms with Crippen molar-refractivity contribution < 1.29 is 14.7 Å². The summed E-state index contributed by atoms with van der Waals surface area (Å²) in [5, 5.41) is 12.6. The van der Waals surface area contributed by atoms with Crippen molar-refractivity contribution >= 4 is 17.5 Å². The van der Waals surface area contributed by atoms with Crippen LogP contribution < -0.4 is 10.2 Å². The van der Waals surface area contributed by atoms with Gasteiger partial charge >= 0.3 is 11.8 Å². The molecule has 18 heavy (non-hydrogen) atoms. The van der Waals surface area contributed by atoms with Crippen LogP contribution in [0.1, 0.15) is 19.4 Å². The van der Waals surface area contributed by atoms with Crippen LogP contribution in [0.2, 0.25) is 0 Å². The zero-order chi connectivity index (χ0) is 13.3. The fourth-order valence-electron chi connectivity index (χ4n) is 2.04. The number of hydrogen-bond acceptors (Lipinski definition) is 3. The molecule has 0 atom stereocenters. The number of nitrogens with zero attached hydrogens (tertiary/aromatic N) is 1. The van der Waals surface area contributed by atoms with E-state index in [9.17, 15) is 14.7 Å². The zero-order valence-corrected chi connectivity index (χ0v) is 10.4. The maximum atomic E-state index is 11.8. The molecule has 0 unspecified atom stereocenters. The van der Waals surface area contributed by atoms with Crippen molar-refractivity contribution in [1.29, 1.82) is 0 Å². The zero-order valence-electron chi connectivity index (χ0n) is 10.4. The van der Waals surface area contributed by atoms with Crippen molar-refractivity contribution in [3.8, 4) is 0 Å². The van der Waals surface area contributed by atoms with Crippen molar-refractivity contribution in [3.05, 3.63) is 29.8 Å². The second-order valence-electron chi connectivity index (χ2n) is 4.79. The number of amides is 2. The average Bonchev–Trinajstić information content (AvgIpc) is 2.32. The Morgan fingerprint density at radius 1 is 1.28 bits per heavy atom. The van der Waals surface area contributed by atoms with E-state index in [1.54, 1.807) is 38.1 Å². The fraction of sp³-hybridized carbons (Fsp3) is 0.385. The summed E-state index contributed by atoms with van der Waals surface area (Å²) in [4.78, 5) is 24.6. The van der Waals surface area contributed by atoms with E-state index in [4.69, 9.17) is 0 Å². The molecular formula is C13H16N2O3. The monoisotopic (exact) mass is 248 g/mol. The van der Waals surface area contributed by atoms with Crippen molar-refractivity contribution in [2.75, 3.05) is 18.0 Å². The predicted octanol–water partition coefficient (Wildman–Crippen LogP) is 0.377. The van der Waals surface area contributed by atoms with Crippen molar-refractivity contribution in [1.82, 2.24) is 5.32 Å². The number of piperazine rings is 1. The summed E-state index contributed by atoms with van der Waals surface area (Å²) < 4.78 is 0. The first-order valence-electron chi connectivity index (χ1n) is 5.83. The summed E-state index contributed by atoms with van der Waals surface area (Å²) in [7, 11) is 0. The molecule has 5 heteroatoms. The number of carbonyl (C=O) groups excluding carboxylic acids is 2. The lowest BCUT2D eigenvalue weighted by molar-refractivity contribution is -0.138. The first kappa shape index (κ1) is 12.6. The van der Waals surface area contributed by atoms with Gasteiger partial charge in [-0.15, -0.1) is 0 Å². The van der Waals surface area contributed by atoms with Crippen LogP contribution in [-0.2, 0) is 15.2 Å². The molecule has 2 rings (SSSR count). The summed E-state index contributed by atoms with van der Waals surface area (Å²) in [6.07, 6.45) is 0. The number of benzene rings is 1. The summed E-state index contributed by atoms with van der Waals surface area (Å²) in [6.45, 7) is 4.14. The SMILES string of the molecule is CC(C)(O)c1ccccc1N1CCNC(=O)C1=O. The van der Waals surface area contributed by atoms with Gasteiger partial charge in [0.05, 0.1) is 11.3 Å². The molecule has 0 aromatic heterocycles. The molecule has 1 saturated heterocycles. The highest BCUT2D eigenvalue weighted by Gasteiger charge is 2.31. The molecule has 0 radical (unpaired) electrons. The summed E-state index contributed by atoms with van der Waals surface area (Å²) in [5.41, 5.74) is 0.156. The van der Waals surface area contributed by atoms with Gasteiger partial charge in [-0.2, -0.15) is 0 Å². The van der Waals surface area contributed by atoms with E-state index >= 15 is 0 Å². The lowest BCUT2D eigenvalue weighted by Gasteiger charge is -2.31. The summed E-state index contributed by atoms with van der Waals surface area (Å²) in [6, 6.07) is 7.08. The van der Waals surface area contributed by atoms with E-state index in [1.807, 2.05) is 0 Å². The molecule has 96 valence electrons. The van der Waals surface area contributed by atoms with Crippen molar-refractivity contribution in [2.24, 2.45) is 0 Å². The fourth-order valence-corrected chi connectivity index (χ4v) is 2.04. The molecule has 0 spiro atoms. The molecule has 2 N–H and O–H groups in total. The normalized spacial score (nSPS) is 16.7. The third-order valence-electron chi connectivity index (χ3n) is 2.91. The van der Waals surface area contributed by atoms with E-state index in [2.05, 4.69) is 5.32 Å². The smallest absolute Gasteiger partial charge is 0.316 e. The molecule has 0 bridgehead atoms. The number of hydrogen-bond donors (Lipinski definition) is 2. The average molecular weight is 248 g/mol. The van der Waals surface area contributed by atoms with E-state index in [0.717, 1.165) is 0 Å². The number of nitrogens with one attached hydrogen (secondary N) is 1. The van der Waals surface area contributed by atoms with Crippen molar-refractivity contribution in [3.63, 3.8) is 0 Å². The largest absolute Gasteiger partial charge is 0.386 e. The Balaban J connectivity index is 2.45. The molecule has 0 aliphatic carbocycles. The van der Waals surface area contributed by atoms with Crippen LogP contribution in [0.25, 0.3) is 0 Å². The van der Waals surface area contributed by atoms with Crippen LogP contribution in [-0.4, -0.2) is 30.0 Å². The maximum absolute atomic E-state index is 11.8. The van der Waals surface area contributed by atoms with Crippen LogP contribution in [0.3, 0.4) is 0 Å². The van der Waals surface area contributed by atoms with E-state index in [1.165, 1.54) is 4.90 Å². The molecule has 5 nitrogen and oxygen atoms in total. The standard InChI is InChI=1S/C13H16N2O3/c1-13(2,18)9-5-3-4-6-10(9)15-8-7-14-11(16)12(15)17/h3-6,18H,7-8H2,1-2H3,(H,14,16). The van der Waals surface area contributed by atoms with Crippen LogP contribution in [0.5, 0.6) is 0 Å². The molecule has 1 heterocycles. The van der Waals surface area contributed by atoms with Crippen LogP contribution in [0.15, 0.2) is 24.3 Å². The van der Waals surface area contributed by atoms with E-state index in [-0.39, 0.29) is 0 Å². The first-order valence-corrected chi connectivity index (χ1v) is 5.83. The first-order chi connectivity index (χ1) is 8.41. The third kappa shape index (κ3) is 2.22. The molecule has 2 amide bonds. The summed E-state index contributed by atoms with van der Waals surface area (Å²) >= 11 is 0. The van der Waals surface area contributed by atoms with Crippen LogP contribution in [0, 0.1) is 0 Å². The molecule has 1 aromatic carbocycles. The Bertz CT molecular complexity index is 491. The van der Waals surface area contributed by atoms with Gasteiger partial charge in [0, 0.05) is 18.7 Å². The molecule has 1 aliphatic rings. The second-order valence-corrected chi connectivity index (χ2v) is 4.79. The number of aliphatic hydroxyl groups is 1. The third-order valence-corrected chi connectivity index (χ3v) is 2.91. The Hall–Kier alpha value is -1.88. The molecule has 1 fully saturated rings. The Morgan fingerprint density at radius 3 is 2.61 bits per heavy atom. The lowest BCUT2D eigenvalue weighted by Crippen LogP contribution is -2.52. The lowest BCUT2D eigenvalue weighted by atomic mass is 9.95. The highest BCUT2D eigenvalue weighted by molar-refractivity contribution is 6.41. The quantitative estimate of drug-likeness (QED) is 0.743. The van der Waals surface area contributed by atoms with Crippen molar-refractivity contribution in [2.45, 2.75) is 19.4 Å². The van der Waals surface area contributed by atoms with Gasteiger partial charge in [-0.25, -0.2) is 0 Å². The van der Waals surface area contributed by atoms with Crippen LogP contribution in [0.4, 0.5) is 5.69 Å². The van der Waals surface area contributed by atoms with E-state index < -0.39 is 17.4 Å². The minimum Gasteiger partial charge on any atom is -0.386 e. The minimum absolute atomic E-state index is 0.414. The van der Waals surface area contributed by atoms with Gasteiger partial charge in [0.25, 0.3) is 0 Å². The molecular weight excluding hydrogens is 232 g/mol. The van der Waals surface area contributed by atoms with E-state index in [0.29, 0.717) is 24.3 Å². The highest BCUT2D eigenvalue weighted by atomic mass is 16.3. The van der Waals surface area contributed by atoms with Gasteiger partial charge in [-0.3, -0.25) is 9.59 Å². The predicted molar refractivity (Wildman–Crippen MR) is 67.0 cm³/mol. The van der Waals surface area contributed by atoms with Gasteiger partial charge < -0.3 is 15.3 Å². The van der Waals surface area contributed by atoms with Gasteiger partial charge in [0.2, 0.25) is 0 Å². The number of para-hydroxylation sites is 1. The Morgan fingerprint density at radius 2 is 1.94 bits per heavy atom. The Kier molecular flexibility index (Phi) is 3.09. The highest BCUT2D eigenvalue weighted by Crippen LogP contribution is 2.30. The van der Waals surface area contributed by atoms with Crippen LogP contribution >= 0.6 is 0 Å². The number of rotatable bonds is 2. The van der Waals surface area contributed by atoms with Gasteiger partial charge in [0.1, 0.15) is 0 Å². The van der Waals surface area contributed by atoms with Gasteiger partial charge in [0.15, 0.2) is 0 Å². The second kappa shape index (κ2) is 4.42. The minimum atomic E-state index is -1.06.